The Hall–Kier alpha value is -0.790. The predicted octanol–water partition coefficient (Wildman–Crippen LogP) is 3.25. The summed E-state index contributed by atoms with van der Waals surface area (Å²) in [5.41, 5.74) is 1.06. The van der Waals surface area contributed by atoms with Crippen LogP contribution in [0.1, 0.15) is 34.6 Å². The van der Waals surface area contributed by atoms with Crippen LogP contribution in [0.25, 0.3) is 0 Å². The molecule has 0 saturated heterocycles. The van der Waals surface area contributed by atoms with Crippen molar-refractivity contribution in [2.24, 2.45) is 16.8 Å². The first kappa shape index (κ1) is 12.2. The molecule has 2 nitrogen and oxygen atoms in total. The SMILES string of the molecule is CC=N/C(=C(\OC)C(C)C)C(C)C. The van der Waals surface area contributed by atoms with Crippen LogP contribution in [0, 0.1) is 11.8 Å². The Morgan fingerprint density at radius 3 is 1.92 bits per heavy atom. The molecule has 0 aliphatic heterocycles. The monoisotopic (exact) mass is 183 g/mol. The molecular weight excluding hydrogens is 162 g/mol. The molecule has 76 valence electrons. The van der Waals surface area contributed by atoms with E-state index in [-0.39, 0.29) is 0 Å². The summed E-state index contributed by atoms with van der Waals surface area (Å²) in [6, 6.07) is 0. The van der Waals surface area contributed by atoms with Crippen molar-refractivity contribution in [2.45, 2.75) is 34.6 Å². The zero-order valence-electron chi connectivity index (χ0n) is 9.59. The number of hydrogen-bond acceptors (Lipinski definition) is 2. The third-order valence-electron chi connectivity index (χ3n) is 1.81. The van der Waals surface area contributed by atoms with Crippen molar-refractivity contribution in [3.05, 3.63) is 11.5 Å². The van der Waals surface area contributed by atoms with Gasteiger partial charge in [0.2, 0.25) is 0 Å². The second-order valence-electron chi connectivity index (χ2n) is 3.65. The molecule has 0 rings (SSSR count). The average molecular weight is 183 g/mol. The Morgan fingerprint density at radius 1 is 1.15 bits per heavy atom. The number of aliphatic imine (C=N–C) groups is 1. The van der Waals surface area contributed by atoms with Crippen LogP contribution >= 0.6 is 0 Å². The van der Waals surface area contributed by atoms with Gasteiger partial charge in [-0.25, -0.2) is 0 Å². The lowest BCUT2D eigenvalue weighted by Crippen LogP contribution is -2.05. The first-order chi connectivity index (χ1) is 6.04. The molecule has 0 unspecified atom stereocenters. The van der Waals surface area contributed by atoms with Crippen molar-refractivity contribution in [3.63, 3.8) is 0 Å². The number of hydrogen-bond donors (Lipinski definition) is 0. The van der Waals surface area contributed by atoms with Gasteiger partial charge in [0.15, 0.2) is 0 Å². The molecule has 0 aliphatic rings. The molecule has 0 heterocycles. The minimum atomic E-state index is 0.395. The maximum atomic E-state index is 5.35. The summed E-state index contributed by atoms with van der Waals surface area (Å²) in [7, 11) is 1.71. The highest BCUT2D eigenvalue weighted by atomic mass is 16.5. The number of ether oxygens (including phenoxy) is 1. The van der Waals surface area contributed by atoms with Gasteiger partial charge in [-0.2, -0.15) is 0 Å². The molecule has 0 aromatic heterocycles. The Kier molecular flexibility index (Phi) is 5.44. The van der Waals surface area contributed by atoms with Gasteiger partial charge in [0, 0.05) is 12.1 Å². The molecule has 0 amide bonds. The lowest BCUT2D eigenvalue weighted by Gasteiger charge is -2.16. The normalized spacial score (nSPS) is 14.2. The molecule has 0 bridgehead atoms. The number of nitrogens with zero attached hydrogens (tertiary/aromatic N) is 1. The van der Waals surface area contributed by atoms with Gasteiger partial charge in [0.25, 0.3) is 0 Å². The van der Waals surface area contributed by atoms with E-state index in [0.29, 0.717) is 11.8 Å². The van der Waals surface area contributed by atoms with Gasteiger partial charge in [0.1, 0.15) is 5.76 Å². The summed E-state index contributed by atoms with van der Waals surface area (Å²) >= 11 is 0. The summed E-state index contributed by atoms with van der Waals surface area (Å²) < 4.78 is 5.35. The highest BCUT2D eigenvalue weighted by molar-refractivity contribution is 5.55. The molecule has 0 aliphatic carbocycles. The van der Waals surface area contributed by atoms with Crippen molar-refractivity contribution in [1.29, 1.82) is 0 Å². The summed E-state index contributed by atoms with van der Waals surface area (Å²) in [5, 5.41) is 0. The van der Waals surface area contributed by atoms with Gasteiger partial charge in [-0.15, -0.1) is 0 Å². The molecule has 0 spiro atoms. The van der Waals surface area contributed by atoms with Crippen molar-refractivity contribution >= 4 is 6.21 Å². The van der Waals surface area contributed by atoms with Crippen LogP contribution in [0.4, 0.5) is 0 Å². The van der Waals surface area contributed by atoms with Gasteiger partial charge in [-0.1, -0.05) is 27.7 Å². The molecule has 0 aromatic carbocycles. The van der Waals surface area contributed by atoms with Crippen molar-refractivity contribution < 1.29 is 4.74 Å². The van der Waals surface area contributed by atoms with Crippen LogP contribution in [0.2, 0.25) is 0 Å². The standard InChI is InChI=1S/C11H21NO/c1-7-12-10(8(2)3)11(13-6)9(4)5/h7-9H,1-6H3/b11-10-,12-7?. The molecule has 0 radical (unpaired) electrons. The van der Waals surface area contributed by atoms with Crippen LogP contribution in [-0.2, 0) is 4.74 Å². The second-order valence-corrected chi connectivity index (χ2v) is 3.65. The van der Waals surface area contributed by atoms with Gasteiger partial charge in [-0.3, -0.25) is 4.99 Å². The summed E-state index contributed by atoms with van der Waals surface area (Å²) in [6.07, 6.45) is 1.82. The maximum Gasteiger partial charge on any atom is 0.120 e. The minimum Gasteiger partial charge on any atom is -0.499 e. The van der Waals surface area contributed by atoms with E-state index in [4.69, 9.17) is 4.74 Å². The minimum absolute atomic E-state index is 0.395. The van der Waals surface area contributed by atoms with E-state index in [9.17, 15) is 0 Å². The molecule has 0 saturated carbocycles. The van der Waals surface area contributed by atoms with E-state index >= 15 is 0 Å². The predicted molar refractivity (Wildman–Crippen MR) is 57.9 cm³/mol. The number of methoxy groups -OCH3 is 1. The fourth-order valence-corrected chi connectivity index (χ4v) is 1.27. The third kappa shape index (κ3) is 3.62. The van der Waals surface area contributed by atoms with E-state index in [0.717, 1.165) is 11.5 Å². The van der Waals surface area contributed by atoms with Gasteiger partial charge >= 0.3 is 0 Å². The number of rotatable bonds is 4. The van der Waals surface area contributed by atoms with Crippen LogP contribution in [0.3, 0.4) is 0 Å². The van der Waals surface area contributed by atoms with Crippen molar-refractivity contribution in [3.8, 4) is 0 Å². The van der Waals surface area contributed by atoms with E-state index in [1.807, 2.05) is 13.1 Å². The first-order valence-electron chi connectivity index (χ1n) is 4.81. The summed E-state index contributed by atoms with van der Waals surface area (Å²) in [5.74, 6) is 1.80. The Labute approximate surface area is 81.7 Å². The van der Waals surface area contributed by atoms with E-state index < -0.39 is 0 Å². The lowest BCUT2D eigenvalue weighted by molar-refractivity contribution is 0.244. The van der Waals surface area contributed by atoms with Crippen molar-refractivity contribution in [1.82, 2.24) is 0 Å². The second kappa shape index (κ2) is 5.79. The van der Waals surface area contributed by atoms with E-state index in [1.54, 1.807) is 7.11 Å². The smallest absolute Gasteiger partial charge is 0.120 e. The van der Waals surface area contributed by atoms with Crippen molar-refractivity contribution in [2.75, 3.05) is 7.11 Å². The number of allylic oxidation sites excluding steroid dienone is 2. The third-order valence-corrected chi connectivity index (χ3v) is 1.81. The largest absolute Gasteiger partial charge is 0.499 e. The van der Waals surface area contributed by atoms with Crippen LogP contribution in [0.5, 0.6) is 0 Å². The van der Waals surface area contributed by atoms with Gasteiger partial charge in [-0.05, 0) is 12.8 Å². The van der Waals surface area contributed by atoms with Crippen LogP contribution in [0.15, 0.2) is 16.4 Å². The molecule has 0 atom stereocenters. The average Bonchev–Trinajstić information content (AvgIpc) is 2.03. The zero-order chi connectivity index (χ0) is 10.4. The lowest BCUT2D eigenvalue weighted by atomic mass is 10.0. The van der Waals surface area contributed by atoms with Crippen LogP contribution < -0.4 is 0 Å². The first-order valence-corrected chi connectivity index (χ1v) is 4.81. The highest BCUT2D eigenvalue weighted by Crippen LogP contribution is 2.22. The molecule has 0 N–H and O–H groups in total. The fourth-order valence-electron chi connectivity index (χ4n) is 1.27. The molecule has 0 aromatic rings. The van der Waals surface area contributed by atoms with Gasteiger partial charge < -0.3 is 4.74 Å². The highest BCUT2D eigenvalue weighted by Gasteiger charge is 2.13. The van der Waals surface area contributed by atoms with E-state index in [2.05, 4.69) is 32.7 Å². The summed E-state index contributed by atoms with van der Waals surface area (Å²) in [6.45, 7) is 10.4. The topological polar surface area (TPSA) is 21.6 Å². The molecule has 13 heavy (non-hydrogen) atoms. The quantitative estimate of drug-likeness (QED) is 0.484. The van der Waals surface area contributed by atoms with Crippen LogP contribution in [-0.4, -0.2) is 13.3 Å². The van der Waals surface area contributed by atoms with E-state index in [1.165, 1.54) is 0 Å². The molecular formula is C11H21NO. The fraction of sp³-hybridized carbons (Fsp3) is 0.727. The van der Waals surface area contributed by atoms with Gasteiger partial charge in [0.05, 0.1) is 12.8 Å². The Bertz CT molecular complexity index is 202. The molecule has 2 heteroatoms. The maximum absolute atomic E-state index is 5.35. The zero-order valence-corrected chi connectivity index (χ0v) is 9.59. The summed E-state index contributed by atoms with van der Waals surface area (Å²) in [4.78, 5) is 4.35. The molecule has 0 fully saturated rings. The Morgan fingerprint density at radius 2 is 1.69 bits per heavy atom. The Balaban J connectivity index is 5.00.